The van der Waals surface area contributed by atoms with E-state index in [9.17, 15) is 4.79 Å². The number of aromatic nitrogens is 4. The molecule has 27 heavy (non-hydrogen) atoms. The van der Waals surface area contributed by atoms with E-state index in [1.165, 1.54) is 0 Å². The van der Waals surface area contributed by atoms with Crippen LogP contribution in [0.5, 0.6) is 0 Å². The van der Waals surface area contributed by atoms with Crippen LogP contribution in [-0.4, -0.2) is 63.0 Å². The lowest BCUT2D eigenvalue weighted by atomic mass is 10.2. The van der Waals surface area contributed by atoms with E-state index >= 15 is 0 Å². The number of anilines is 1. The predicted molar refractivity (Wildman–Crippen MR) is 104 cm³/mol. The fraction of sp³-hybridized carbons (Fsp3) is 0.368. The molecule has 1 saturated heterocycles. The van der Waals surface area contributed by atoms with Crippen molar-refractivity contribution in [2.24, 2.45) is 0 Å². The molecule has 2 aromatic heterocycles. The average molecular weight is 365 g/mol. The van der Waals surface area contributed by atoms with Crippen LogP contribution >= 0.6 is 0 Å². The Morgan fingerprint density at radius 1 is 1.00 bits per heavy atom. The second-order valence-corrected chi connectivity index (χ2v) is 6.93. The van der Waals surface area contributed by atoms with Gasteiger partial charge < -0.3 is 15.1 Å². The number of benzene rings is 1. The first-order valence-electron chi connectivity index (χ1n) is 9.20. The van der Waals surface area contributed by atoms with Gasteiger partial charge in [-0.25, -0.2) is 4.79 Å². The number of urea groups is 1. The van der Waals surface area contributed by atoms with Crippen LogP contribution in [0.15, 0.2) is 42.5 Å². The summed E-state index contributed by atoms with van der Waals surface area (Å²) in [7, 11) is 0. The molecule has 1 aliphatic heterocycles. The summed E-state index contributed by atoms with van der Waals surface area (Å²) in [6, 6.07) is 13.9. The number of carbonyl (C=O) groups is 1. The smallest absolute Gasteiger partial charge is 0.317 e. The van der Waals surface area contributed by atoms with E-state index < -0.39 is 0 Å². The lowest BCUT2D eigenvalue weighted by Crippen LogP contribution is -2.53. The number of nitrogens with one attached hydrogen (secondary N) is 1. The van der Waals surface area contributed by atoms with Crippen LogP contribution in [0, 0.1) is 0 Å². The first kappa shape index (κ1) is 17.3. The van der Waals surface area contributed by atoms with Gasteiger partial charge >= 0.3 is 6.03 Å². The second-order valence-electron chi connectivity index (χ2n) is 6.93. The van der Waals surface area contributed by atoms with E-state index in [4.69, 9.17) is 5.10 Å². The Bertz CT molecular complexity index is 930. The van der Waals surface area contributed by atoms with Gasteiger partial charge in [-0.3, -0.25) is 0 Å². The summed E-state index contributed by atoms with van der Waals surface area (Å²) in [5.74, 6) is 1.59. The summed E-state index contributed by atoms with van der Waals surface area (Å²) in [4.78, 5) is 16.2. The maximum absolute atomic E-state index is 12.2. The number of nitrogens with zero attached hydrogens (tertiary/aromatic N) is 6. The van der Waals surface area contributed by atoms with Gasteiger partial charge in [-0.15, -0.1) is 15.3 Å². The number of amides is 2. The van der Waals surface area contributed by atoms with Crippen molar-refractivity contribution in [2.75, 3.05) is 31.1 Å². The Balaban J connectivity index is 1.53. The van der Waals surface area contributed by atoms with Gasteiger partial charge in [-0.2, -0.15) is 4.52 Å². The molecule has 1 N–H and O–H groups in total. The molecule has 1 aliphatic rings. The molecule has 0 unspecified atom stereocenters. The van der Waals surface area contributed by atoms with Crippen molar-refractivity contribution in [3.05, 3.63) is 42.5 Å². The molecule has 0 atom stereocenters. The standard InChI is InChI=1S/C19H23N7O/c1-14(2)20-19(27)25-12-10-24(11-13-25)17-9-8-16-21-22-18(26(16)23-17)15-6-4-3-5-7-15/h3-9,14H,10-13H2,1-2H3,(H,20,27). The summed E-state index contributed by atoms with van der Waals surface area (Å²) in [6.45, 7) is 6.77. The van der Waals surface area contributed by atoms with Gasteiger partial charge in [0.25, 0.3) is 0 Å². The average Bonchev–Trinajstić information content (AvgIpc) is 3.11. The normalized spacial score (nSPS) is 14.8. The summed E-state index contributed by atoms with van der Waals surface area (Å²) in [5, 5.41) is 16.2. The molecule has 8 heteroatoms. The molecule has 0 aliphatic carbocycles. The summed E-state index contributed by atoms with van der Waals surface area (Å²) in [5.41, 5.74) is 1.69. The van der Waals surface area contributed by atoms with Gasteiger partial charge in [0.05, 0.1) is 0 Å². The Labute approximate surface area is 157 Å². The molecule has 4 rings (SSSR count). The highest BCUT2D eigenvalue weighted by Crippen LogP contribution is 2.20. The number of piperazine rings is 1. The maximum atomic E-state index is 12.2. The maximum Gasteiger partial charge on any atom is 0.317 e. The summed E-state index contributed by atoms with van der Waals surface area (Å²) >= 11 is 0. The quantitative estimate of drug-likeness (QED) is 0.768. The molecule has 0 saturated carbocycles. The number of hydrogen-bond acceptors (Lipinski definition) is 5. The van der Waals surface area contributed by atoms with Crippen molar-refractivity contribution in [2.45, 2.75) is 19.9 Å². The highest BCUT2D eigenvalue weighted by molar-refractivity contribution is 5.74. The zero-order valence-electron chi connectivity index (χ0n) is 15.5. The number of carbonyl (C=O) groups excluding carboxylic acids is 1. The van der Waals surface area contributed by atoms with Crippen molar-refractivity contribution in [3.63, 3.8) is 0 Å². The molecule has 0 spiro atoms. The Morgan fingerprint density at radius 2 is 1.74 bits per heavy atom. The second kappa shape index (κ2) is 7.22. The molecule has 1 fully saturated rings. The van der Waals surface area contributed by atoms with Crippen LogP contribution in [0.25, 0.3) is 17.0 Å². The fourth-order valence-corrected chi connectivity index (χ4v) is 3.19. The van der Waals surface area contributed by atoms with Crippen LogP contribution in [0.1, 0.15) is 13.8 Å². The largest absolute Gasteiger partial charge is 0.352 e. The van der Waals surface area contributed by atoms with Crippen LogP contribution in [-0.2, 0) is 0 Å². The minimum atomic E-state index is -0.00163. The third-order valence-electron chi connectivity index (χ3n) is 4.58. The van der Waals surface area contributed by atoms with Crippen molar-refractivity contribution >= 4 is 17.5 Å². The van der Waals surface area contributed by atoms with Crippen molar-refractivity contribution in [1.82, 2.24) is 30.0 Å². The van der Waals surface area contributed by atoms with E-state index in [1.807, 2.05) is 61.2 Å². The van der Waals surface area contributed by atoms with Gasteiger partial charge in [0.2, 0.25) is 0 Å². The molecule has 1 aromatic carbocycles. The van der Waals surface area contributed by atoms with E-state index in [1.54, 1.807) is 4.52 Å². The van der Waals surface area contributed by atoms with Crippen molar-refractivity contribution in [1.29, 1.82) is 0 Å². The molecule has 140 valence electrons. The van der Waals surface area contributed by atoms with Gasteiger partial charge in [-0.05, 0) is 26.0 Å². The molecule has 3 heterocycles. The molecule has 0 radical (unpaired) electrons. The molecule has 0 bridgehead atoms. The molecular formula is C19H23N7O. The number of rotatable bonds is 3. The Kier molecular flexibility index (Phi) is 4.62. The highest BCUT2D eigenvalue weighted by atomic mass is 16.2. The molecule has 8 nitrogen and oxygen atoms in total. The van der Waals surface area contributed by atoms with Gasteiger partial charge in [0.15, 0.2) is 11.5 Å². The number of hydrogen-bond donors (Lipinski definition) is 1. The van der Waals surface area contributed by atoms with Crippen LogP contribution in [0.2, 0.25) is 0 Å². The van der Waals surface area contributed by atoms with Gasteiger partial charge in [0.1, 0.15) is 5.82 Å². The third-order valence-corrected chi connectivity index (χ3v) is 4.58. The van der Waals surface area contributed by atoms with E-state index in [2.05, 4.69) is 20.4 Å². The fourth-order valence-electron chi connectivity index (χ4n) is 3.19. The zero-order chi connectivity index (χ0) is 18.8. The SMILES string of the molecule is CC(C)NC(=O)N1CCN(c2ccc3nnc(-c4ccccc4)n3n2)CC1. The van der Waals surface area contributed by atoms with Crippen LogP contribution < -0.4 is 10.2 Å². The minimum absolute atomic E-state index is 0.00163. The first-order chi connectivity index (χ1) is 13.1. The Morgan fingerprint density at radius 3 is 2.44 bits per heavy atom. The van der Waals surface area contributed by atoms with Crippen molar-refractivity contribution in [3.8, 4) is 11.4 Å². The van der Waals surface area contributed by atoms with Crippen LogP contribution in [0.4, 0.5) is 10.6 Å². The van der Waals surface area contributed by atoms with Crippen LogP contribution in [0.3, 0.4) is 0 Å². The monoisotopic (exact) mass is 365 g/mol. The van der Waals surface area contributed by atoms with Gasteiger partial charge in [-0.1, -0.05) is 30.3 Å². The van der Waals surface area contributed by atoms with Gasteiger partial charge in [0, 0.05) is 37.8 Å². The topological polar surface area (TPSA) is 78.7 Å². The molecule has 3 aromatic rings. The molecular weight excluding hydrogens is 342 g/mol. The van der Waals surface area contributed by atoms with Crippen molar-refractivity contribution < 1.29 is 4.79 Å². The van der Waals surface area contributed by atoms with E-state index in [0.717, 1.165) is 30.3 Å². The summed E-state index contributed by atoms with van der Waals surface area (Å²) in [6.07, 6.45) is 0. The summed E-state index contributed by atoms with van der Waals surface area (Å²) < 4.78 is 1.78. The number of fused-ring (bicyclic) bond motifs is 1. The van der Waals surface area contributed by atoms with E-state index in [0.29, 0.717) is 18.7 Å². The molecule has 2 amide bonds. The van der Waals surface area contributed by atoms with E-state index in [-0.39, 0.29) is 12.1 Å². The predicted octanol–water partition coefficient (Wildman–Crippen LogP) is 2.03. The Hall–Kier alpha value is -3.16. The lowest BCUT2D eigenvalue weighted by Gasteiger charge is -2.35. The highest BCUT2D eigenvalue weighted by Gasteiger charge is 2.23. The first-order valence-corrected chi connectivity index (χ1v) is 9.20. The lowest BCUT2D eigenvalue weighted by molar-refractivity contribution is 0.191. The zero-order valence-corrected chi connectivity index (χ0v) is 15.5. The minimum Gasteiger partial charge on any atom is -0.352 e. The third kappa shape index (κ3) is 3.55.